The van der Waals surface area contributed by atoms with Gasteiger partial charge >= 0.3 is 0 Å². The van der Waals surface area contributed by atoms with E-state index in [1.165, 1.54) is 6.42 Å². The number of anilines is 1. The van der Waals surface area contributed by atoms with Gasteiger partial charge in [-0.15, -0.1) is 0 Å². The summed E-state index contributed by atoms with van der Waals surface area (Å²) in [6.45, 7) is -0.302. The molecule has 6 nitrogen and oxygen atoms in total. The number of fused-ring (bicyclic) bond motifs is 1. The third kappa shape index (κ3) is 4.40. The molecule has 0 saturated heterocycles. The summed E-state index contributed by atoms with van der Waals surface area (Å²) in [5.74, 6) is -0.443. The number of nitrogens with zero attached hydrogens (tertiary/aromatic N) is 2. The maximum atomic E-state index is 12.3. The fraction of sp³-hybridized carbons (Fsp3) is 0.368. The van der Waals surface area contributed by atoms with Crippen molar-refractivity contribution in [3.8, 4) is 0 Å². The van der Waals surface area contributed by atoms with Gasteiger partial charge in [0.25, 0.3) is 5.91 Å². The van der Waals surface area contributed by atoms with Gasteiger partial charge in [-0.3, -0.25) is 9.10 Å². The molecule has 0 heterocycles. The van der Waals surface area contributed by atoms with E-state index in [1.807, 2.05) is 30.3 Å². The largest absolute Gasteiger partial charge is 0.271 e. The van der Waals surface area contributed by atoms with Crippen LogP contribution in [0.15, 0.2) is 47.6 Å². The van der Waals surface area contributed by atoms with E-state index in [1.54, 1.807) is 12.1 Å². The van der Waals surface area contributed by atoms with Gasteiger partial charge in [0.1, 0.15) is 6.54 Å². The quantitative estimate of drug-likeness (QED) is 0.818. The zero-order valence-electron chi connectivity index (χ0n) is 14.8. The number of hydrogen-bond acceptors (Lipinski definition) is 4. The van der Waals surface area contributed by atoms with Gasteiger partial charge in [0.05, 0.1) is 11.9 Å². The zero-order valence-corrected chi connectivity index (χ0v) is 15.6. The molecule has 0 aliphatic heterocycles. The van der Waals surface area contributed by atoms with Crippen molar-refractivity contribution in [2.24, 2.45) is 5.10 Å². The summed E-state index contributed by atoms with van der Waals surface area (Å²) in [6.07, 6.45) is 6.24. The second kappa shape index (κ2) is 7.86. The number of hydrazone groups is 1. The predicted molar refractivity (Wildman–Crippen MR) is 105 cm³/mol. The van der Waals surface area contributed by atoms with E-state index < -0.39 is 15.9 Å². The summed E-state index contributed by atoms with van der Waals surface area (Å²) in [5.41, 5.74) is 3.98. The number of nitrogens with one attached hydrogen (secondary N) is 1. The minimum absolute atomic E-state index is 0.302. The number of rotatable bonds is 5. The Morgan fingerprint density at radius 1 is 1.08 bits per heavy atom. The van der Waals surface area contributed by atoms with E-state index in [0.29, 0.717) is 5.69 Å². The molecule has 0 atom stereocenters. The fourth-order valence-electron chi connectivity index (χ4n) is 3.19. The first-order chi connectivity index (χ1) is 12.4. The van der Waals surface area contributed by atoms with Crippen molar-refractivity contribution < 1.29 is 13.2 Å². The van der Waals surface area contributed by atoms with Crippen LogP contribution in [0.4, 0.5) is 5.69 Å². The molecular weight excluding hydrogens is 350 g/mol. The van der Waals surface area contributed by atoms with E-state index in [2.05, 4.69) is 10.5 Å². The first-order valence-electron chi connectivity index (χ1n) is 8.75. The van der Waals surface area contributed by atoms with E-state index in [9.17, 15) is 13.2 Å². The Morgan fingerprint density at radius 2 is 1.77 bits per heavy atom. The summed E-state index contributed by atoms with van der Waals surface area (Å²) in [5, 5.41) is 5.87. The SMILES string of the molecule is CS(=O)(=O)N(CC(=O)NN=C1CCCCC1)c1cccc2ccccc12. The average molecular weight is 373 g/mol. The Hall–Kier alpha value is -2.41. The zero-order chi connectivity index (χ0) is 18.6. The number of sulfonamides is 1. The molecule has 2 aromatic carbocycles. The number of benzene rings is 2. The first kappa shape index (κ1) is 18.4. The number of carbonyl (C=O) groups excluding carboxylic acids is 1. The molecule has 1 saturated carbocycles. The van der Waals surface area contributed by atoms with E-state index in [4.69, 9.17) is 0 Å². The number of carbonyl (C=O) groups is 1. The molecular formula is C19H23N3O3S. The minimum Gasteiger partial charge on any atom is -0.271 e. The minimum atomic E-state index is -3.62. The molecule has 1 N–H and O–H groups in total. The second-order valence-corrected chi connectivity index (χ2v) is 8.45. The fourth-order valence-corrected chi connectivity index (χ4v) is 4.05. The van der Waals surface area contributed by atoms with Crippen molar-refractivity contribution >= 4 is 38.1 Å². The van der Waals surface area contributed by atoms with Crippen LogP contribution in [-0.4, -0.2) is 32.8 Å². The van der Waals surface area contributed by atoms with Crippen LogP contribution in [0.1, 0.15) is 32.1 Å². The molecule has 0 bridgehead atoms. The van der Waals surface area contributed by atoms with E-state index >= 15 is 0 Å². The molecule has 1 aliphatic rings. The van der Waals surface area contributed by atoms with Crippen LogP contribution in [0.5, 0.6) is 0 Å². The maximum Gasteiger partial charge on any atom is 0.260 e. The van der Waals surface area contributed by atoms with Gasteiger partial charge in [-0.05, 0) is 37.1 Å². The molecule has 1 fully saturated rings. The van der Waals surface area contributed by atoms with E-state index in [-0.39, 0.29) is 6.54 Å². The topological polar surface area (TPSA) is 78.8 Å². The van der Waals surface area contributed by atoms with Crippen LogP contribution >= 0.6 is 0 Å². The van der Waals surface area contributed by atoms with E-state index in [0.717, 1.165) is 52.7 Å². The van der Waals surface area contributed by atoms with Gasteiger partial charge in [-0.2, -0.15) is 5.10 Å². The molecule has 1 aliphatic carbocycles. The Morgan fingerprint density at radius 3 is 2.50 bits per heavy atom. The van der Waals surface area contributed by atoms with Crippen LogP contribution in [0, 0.1) is 0 Å². The second-order valence-electron chi connectivity index (χ2n) is 6.54. The van der Waals surface area contributed by atoms with Gasteiger partial charge in [0, 0.05) is 11.1 Å². The number of amides is 1. The summed E-state index contributed by atoms with van der Waals surface area (Å²) in [7, 11) is -3.62. The van der Waals surface area contributed by atoms with Crippen LogP contribution in [0.3, 0.4) is 0 Å². The summed E-state index contributed by atoms with van der Waals surface area (Å²) in [4.78, 5) is 12.3. The lowest BCUT2D eigenvalue weighted by molar-refractivity contribution is -0.119. The van der Waals surface area contributed by atoms with Crippen molar-refractivity contribution in [2.45, 2.75) is 32.1 Å². The van der Waals surface area contributed by atoms with Crippen molar-refractivity contribution in [1.82, 2.24) is 5.43 Å². The van der Waals surface area contributed by atoms with Crippen LogP contribution in [-0.2, 0) is 14.8 Å². The van der Waals surface area contributed by atoms with Crippen molar-refractivity contribution in [1.29, 1.82) is 0 Å². The average Bonchev–Trinajstić information content (AvgIpc) is 2.64. The highest BCUT2D eigenvalue weighted by atomic mass is 32.2. The smallest absolute Gasteiger partial charge is 0.260 e. The molecule has 138 valence electrons. The third-order valence-corrected chi connectivity index (χ3v) is 5.62. The van der Waals surface area contributed by atoms with Crippen molar-refractivity contribution in [3.63, 3.8) is 0 Å². The molecule has 0 unspecified atom stereocenters. The Bertz CT molecular complexity index is 925. The molecule has 1 amide bonds. The summed E-state index contributed by atoms with van der Waals surface area (Å²) >= 11 is 0. The normalized spacial score (nSPS) is 14.9. The lowest BCUT2D eigenvalue weighted by atomic mass is 9.99. The number of hydrogen-bond donors (Lipinski definition) is 1. The Labute approximate surface area is 153 Å². The molecule has 7 heteroatoms. The van der Waals surface area contributed by atoms with Crippen LogP contribution in [0.25, 0.3) is 10.8 Å². The van der Waals surface area contributed by atoms with Gasteiger partial charge in [0.15, 0.2) is 0 Å². The van der Waals surface area contributed by atoms with Crippen LogP contribution in [0.2, 0.25) is 0 Å². The maximum absolute atomic E-state index is 12.3. The molecule has 2 aromatic rings. The Balaban J connectivity index is 1.84. The monoisotopic (exact) mass is 373 g/mol. The van der Waals surface area contributed by atoms with Gasteiger partial charge in [0.2, 0.25) is 10.0 Å². The molecule has 26 heavy (non-hydrogen) atoms. The molecule has 3 rings (SSSR count). The highest BCUT2D eigenvalue weighted by Gasteiger charge is 2.22. The lowest BCUT2D eigenvalue weighted by Crippen LogP contribution is -2.39. The van der Waals surface area contributed by atoms with Gasteiger partial charge < -0.3 is 0 Å². The molecule has 0 radical (unpaired) electrons. The van der Waals surface area contributed by atoms with Crippen molar-refractivity contribution in [3.05, 3.63) is 42.5 Å². The van der Waals surface area contributed by atoms with Crippen LogP contribution < -0.4 is 9.73 Å². The highest BCUT2D eigenvalue weighted by molar-refractivity contribution is 7.92. The molecule has 0 spiro atoms. The summed E-state index contributed by atoms with van der Waals surface area (Å²) < 4.78 is 25.8. The first-order valence-corrected chi connectivity index (χ1v) is 10.6. The molecule has 0 aromatic heterocycles. The highest BCUT2D eigenvalue weighted by Crippen LogP contribution is 2.28. The van der Waals surface area contributed by atoms with Gasteiger partial charge in [-0.25, -0.2) is 13.8 Å². The summed E-state index contributed by atoms with van der Waals surface area (Å²) in [6, 6.07) is 12.9. The lowest BCUT2D eigenvalue weighted by Gasteiger charge is -2.23. The third-order valence-electron chi connectivity index (χ3n) is 4.49. The standard InChI is InChI=1S/C19H23N3O3S/c1-26(24,25)22(14-19(23)21-20-16-10-3-2-4-11-16)18-13-7-9-15-8-5-6-12-17(15)18/h5-9,12-13H,2-4,10-11,14H2,1H3,(H,21,23). The Kier molecular flexibility index (Phi) is 5.56. The predicted octanol–water partition coefficient (Wildman–Crippen LogP) is 3.04. The van der Waals surface area contributed by atoms with Gasteiger partial charge in [-0.1, -0.05) is 42.8 Å². The van der Waals surface area contributed by atoms with Crippen molar-refractivity contribution in [2.75, 3.05) is 17.1 Å².